The predicted molar refractivity (Wildman–Crippen MR) is 127 cm³/mol. The summed E-state index contributed by atoms with van der Waals surface area (Å²) in [6, 6.07) is 13.0. The van der Waals surface area contributed by atoms with Crippen LogP contribution in [0.3, 0.4) is 0 Å². The normalized spacial score (nSPS) is 11.4. The SMILES string of the molecule is CCCCCOC(=O)C=Cc1ccc(OC(=O)c2ccc(OCCCCCC(F)(F)F)cc2)cc1. The molecule has 0 aliphatic carbocycles. The lowest BCUT2D eigenvalue weighted by molar-refractivity contribution is -0.138. The van der Waals surface area contributed by atoms with Crippen LogP contribution >= 0.6 is 0 Å². The summed E-state index contributed by atoms with van der Waals surface area (Å²) in [5.74, 6) is -0.0565. The van der Waals surface area contributed by atoms with Crippen molar-refractivity contribution in [2.24, 2.45) is 0 Å². The minimum Gasteiger partial charge on any atom is -0.494 e. The fraction of sp³-hybridized carbons (Fsp3) is 0.407. The van der Waals surface area contributed by atoms with E-state index >= 15 is 0 Å². The fourth-order valence-corrected chi connectivity index (χ4v) is 3.03. The first kappa shape index (κ1) is 28.0. The predicted octanol–water partition coefficient (Wildman–Crippen LogP) is 7.15. The Labute approximate surface area is 203 Å². The quantitative estimate of drug-likeness (QED) is 0.121. The largest absolute Gasteiger partial charge is 0.494 e. The fourth-order valence-electron chi connectivity index (χ4n) is 3.03. The van der Waals surface area contributed by atoms with Crippen LogP contribution in [0.2, 0.25) is 0 Å². The molecule has 0 amide bonds. The maximum absolute atomic E-state index is 12.4. The van der Waals surface area contributed by atoms with E-state index in [1.165, 1.54) is 6.08 Å². The summed E-state index contributed by atoms with van der Waals surface area (Å²) in [6.45, 7) is 2.79. The number of ether oxygens (including phenoxy) is 3. The van der Waals surface area contributed by atoms with Crippen molar-refractivity contribution < 1.29 is 37.0 Å². The van der Waals surface area contributed by atoms with Crippen LogP contribution in [0.25, 0.3) is 6.08 Å². The lowest BCUT2D eigenvalue weighted by Crippen LogP contribution is -2.08. The molecule has 0 N–H and O–H groups in total. The molecular weight excluding hydrogens is 461 g/mol. The second-order valence-electron chi connectivity index (χ2n) is 7.97. The number of rotatable bonds is 14. The Bertz CT molecular complexity index is 935. The molecule has 0 aromatic heterocycles. The third kappa shape index (κ3) is 12.1. The molecule has 0 saturated heterocycles. The van der Waals surface area contributed by atoms with E-state index in [2.05, 4.69) is 6.92 Å². The van der Waals surface area contributed by atoms with Gasteiger partial charge in [0.15, 0.2) is 0 Å². The van der Waals surface area contributed by atoms with Crippen molar-refractivity contribution in [1.29, 1.82) is 0 Å². The number of hydrogen-bond donors (Lipinski definition) is 0. The van der Waals surface area contributed by atoms with E-state index in [0.29, 0.717) is 43.1 Å². The van der Waals surface area contributed by atoms with Gasteiger partial charge in [0, 0.05) is 12.5 Å². The van der Waals surface area contributed by atoms with Gasteiger partial charge in [-0.2, -0.15) is 13.2 Å². The van der Waals surface area contributed by atoms with Crippen LogP contribution in [0.1, 0.15) is 67.8 Å². The Morgan fingerprint density at radius 1 is 0.829 bits per heavy atom. The molecular formula is C27H31F3O5. The van der Waals surface area contributed by atoms with Crippen LogP contribution in [0, 0.1) is 0 Å². The van der Waals surface area contributed by atoms with Crippen molar-refractivity contribution in [2.75, 3.05) is 13.2 Å². The first-order valence-electron chi connectivity index (χ1n) is 11.7. The zero-order chi connectivity index (χ0) is 25.5. The van der Waals surface area contributed by atoms with Crippen molar-refractivity contribution in [3.63, 3.8) is 0 Å². The Morgan fingerprint density at radius 2 is 1.49 bits per heavy atom. The molecule has 8 heteroatoms. The van der Waals surface area contributed by atoms with Crippen molar-refractivity contribution in [3.8, 4) is 11.5 Å². The van der Waals surface area contributed by atoms with Gasteiger partial charge in [-0.15, -0.1) is 0 Å². The van der Waals surface area contributed by atoms with Crippen molar-refractivity contribution in [3.05, 3.63) is 65.7 Å². The van der Waals surface area contributed by atoms with Gasteiger partial charge in [-0.3, -0.25) is 0 Å². The first-order chi connectivity index (χ1) is 16.8. The summed E-state index contributed by atoms with van der Waals surface area (Å²) >= 11 is 0. The van der Waals surface area contributed by atoms with Gasteiger partial charge in [-0.25, -0.2) is 9.59 Å². The van der Waals surface area contributed by atoms with Crippen molar-refractivity contribution >= 4 is 18.0 Å². The van der Waals surface area contributed by atoms with E-state index in [4.69, 9.17) is 14.2 Å². The Kier molecular flexibility index (Phi) is 11.9. The molecule has 0 unspecified atom stereocenters. The number of unbranched alkanes of at least 4 members (excludes halogenated alkanes) is 4. The number of hydrogen-bond acceptors (Lipinski definition) is 5. The second-order valence-corrected chi connectivity index (χ2v) is 7.97. The molecule has 0 fully saturated rings. The summed E-state index contributed by atoms with van der Waals surface area (Å²) in [6.07, 6.45) is 2.05. The summed E-state index contributed by atoms with van der Waals surface area (Å²) in [7, 11) is 0. The van der Waals surface area contributed by atoms with Gasteiger partial charge in [0.2, 0.25) is 0 Å². The first-order valence-corrected chi connectivity index (χ1v) is 11.7. The number of esters is 2. The molecule has 2 aromatic rings. The van der Waals surface area contributed by atoms with E-state index in [1.54, 1.807) is 54.6 Å². The molecule has 0 aliphatic heterocycles. The number of carbonyl (C=O) groups excluding carboxylic acids is 2. The van der Waals surface area contributed by atoms with E-state index in [0.717, 1.165) is 24.8 Å². The average molecular weight is 493 g/mol. The number of alkyl halides is 3. The van der Waals surface area contributed by atoms with Crippen LogP contribution in [0.4, 0.5) is 13.2 Å². The molecule has 0 radical (unpaired) electrons. The molecule has 0 spiro atoms. The maximum atomic E-state index is 12.4. The molecule has 0 aliphatic rings. The van der Waals surface area contributed by atoms with Crippen LogP contribution in [-0.2, 0) is 9.53 Å². The minimum absolute atomic E-state index is 0.0839. The maximum Gasteiger partial charge on any atom is 0.389 e. The van der Waals surface area contributed by atoms with E-state index < -0.39 is 24.5 Å². The topological polar surface area (TPSA) is 61.8 Å². The number of benzene rings is 2. The molecule has 190 valence electrons. The summed E-state index contributed by atoms with van der Waals surface area (Å²) in [5.41, 5.74) is 1.09. The van der Waals surface area contributed by atoms with Gasteiger partial charge in [-0.1, -0.05) is 31.9 Å². The average Bonchev–Trinajstić information content (AvgIpc) is 2.83. The van der Waals surface area contributed by atoms with Gasteiger partial charge in [-0.05, 0) is 73.7 Å². The van der Waals surface area contributed by atoms with Crippen molar-refractivity contribution in [1.82, 2.24) is 0 Å². The van der Waals surface area contributed by atoms with E-state index in [-0.39, 0.29) is 6.42 Å². The molecule has 0 bridgehead atoms. The lowest BCUT2D eigenvalue weighted by atomic mass is 10.2. The van der Waals surface area contributed by atoms with Gasteiger partial charge in [0.1, 0.15) is 11.5 Å². The van der Waals surface area contributed by atoms with Crippen molar-refractivity contribution in [2.45, 2.75) is 58.0 Å². The third-order valence-electron chi connectivity index (χ3n) is 4.96. The molecule has 5 nitrogen and oxygen atoms in total. The smallest absolute Gasteiger partial charge is 0.389 e. The number of carbonyl (C=O) groups is 2. The van der Waals surface area contributed by atoms with E-state index in [1.807, 2.05) is 0 Å². The highest BCUT2D eigenvalue weighted by Gasteiger charge is 2.25. The lowest BCUT2D eigenvalue weighted by Gasteiger charge is -2.08. The van der Waals surface area contributed by atoms with Gasteiger partial charge >= 0.3 is 18.1 Å². The van der Waals surface area contributed by atoms with Crippen LogP contribution in [0.15, 0.2) is 54.6 Å². The minimum atomic E-state index is -4.12. The molecule has 2 rings (SSSR count). The van der Waals surface area contributed by atoms with Gasteiger partial charge in [0.05, 0.1) is 18.8 Å². The highest BCUT2D eigenvalue weighted by molar-refractivity contribution is 5.91. The summed E-state index contributed by atoms with van der Waals surface area (Å²) in [5, 5.41) is 0. The Hall–Kier alpha value is -3.29. The summed E-state index contributed by atoms with van der Waals surface area (Å²) in [4.78, 5) is 24.0. The molecule has 0 heterocycles. The zero-order valence-corrected chi connectivity index (χ0v) is 19.8. The van der Waals surface area contributed by atoms with Crippen LogP contribution in [0.5, 0.6) is 11.5 Å². The zero-order valence-electron chi connectivity index (χ0n) is 19.8. The highest BCUT2D eigenvalue weighted by atomic mass is 19.4. The standard InChI is InChI=1S/C27H31F3O5/c1-2-3-6-20-34-25(31)17-10-21-8-13-24(14-9-21)35-26(32)22-11-15-23(16-12-22)33-19-7-4-5-18-27(28,29)30/h8-17H,2-7,18-20H2,1H3. The summed E-state index contributed by atoms with van der Waals surface area (Å²) < 4.78 is 52.3. The van der Waals surface area contributed by atoms with Gasteiger partial charge < -0.3 is 14.2 Å². The monoisotopic (exact) mass is 492 g/mol. The van der Waals surface area contributed by atoms with Crippen LogP contribution < -0.4 is 9.47 Å². The van der Waals surface area contributed by atoms with Crippen LogP contribution in [-0.4, -0.2) is 31.3 Å². The van der Waals surface area contributed by atoms with E-state index in [9.17, 15) is 22.8 Å². The Morgan fingerprint density at radius 3 is 2.14 bits per heavy atom. The molecule has 0 atom stereocenters. The third-order valence-corrected chi connectivity index (χ3v) is 4.96. The highest BCUT2D eigenvalue weighted by Crippen LogP contribution is 2.23. The Balaban J connectivity index is 1.73. The molecule has 35 heavy (non-hydrogen) atoms. The molecule has 2 aromatic carbocycles. The number of halogens is 3. The second kappa shape index (κ2) is 14.9. The molecule has 0 saturated carbocycles. The van der Waals surface area contributed by atoms with Gasteiger partial charge in [0.25, 0.3) is 0 Å².